The molecule has 0 saturated heterocycles. The molecule has 0 spiro atoms. The number of rotatable bonds is 6. The van der Waals surface area contributed by atoms with Gasteiger partial charge in [0.1, 0.15) is 5.75 Å². The van der Waals surface area contributed by atoms with Crippen molar-refractivity contribution >= 4 is 17.3 Å². The Morgan fingerprint density at radius 3 is 2.65 bits per heavy atom. The fourth-order valence-corrected chi connectivity index (χ4v) is 1.73. The Morgan fingerprint density at radius 1 is 1.35 bits per heavy atom. The van der Waals surface area contributed by atoms with Gasteiger partial charge in [0.25, 0.3) is 0 Å². The average molecular weight is 258 g/mol. The molecular formula is C13H20ClNO2. The van der Waals surface area contributed by atoms with Crippen molar-refractivity contribution in [1.82, 2.24) is 0 Å². The van der Waals surface area contributed by atoms with Crippen molar-refractivity contribution in [3.05, 3.63) is 22.7 Å². The van der Waals surface area contributed by atoms with Crippen LogP contribution in [-0.2, 0) is 4.74 Å². The monoisotopic (exact) mass is 257 g/mol. The normalized spacial score (nSPS) is 12.3. The minimum atomic E-state index is 0.324. The molecule has 1 rings (SSSR count). The van der Waals surface area contributed by atoms with Crippen LogP contribution in [0, 0.1) is 6.92 Å². The van der Waals surface area contributed by atoms with Gasteiger partial charge in [-0.2, -0.15) is 0 Å². The quantitative estimate of drug-likeness (QED) is 0.846. The van der Waals surface area contributed by atoms with Gasteiger partial charge in [0.15, 0.2) is 0 Å². The number of benzene rings is 1. The maximum Gasteiger partial charge on any atom is 0.143 e. The molecule has 1 N–H and O–H groups in total. The molecule has 0 saturated carbocycles. The first-order valence-corrected chi connectivity index (χ1v) is 6.06. The molecular weight excluding hydrogens is 238 g/mol. The highest BCUT2D eigenvalue weighted by atomic mass is 35.5. The van der Waals surface area contributed by atoms with Crippen molar-refractivity contribution in [2.24, 2.45) is 0 Å². The first kappa shape index (κ1) is 14.1. The SMILES string of the molecule is COCCC(C)Nc1cc(C)c(Cl)cc1OC. The van der Waals surface area contributed by atoms with Crippen LogP contribution in [0.15, 0.2) is 12.1 Å². The van der Waals surface area contributed by atoms with E-state index in [0.717, 1.165) is 35.1 Å². The highest BCUT2D eigenvalue weighted by Gasteiger charge is 2.09. The minimum Gasteiger partial charge on any atom is -0.495 e. The van der Waals surface area contributed by atoms with Crippen LogP contribution in [0.2, 0.25) is 5.02 Å². The summed E-state index contributed by atoms with van der Waals surface area (Å²) >= 11 is 6.06. The minimum absolute atomic E-state index is 0.324. The predicted octanol–water partition coefficient (Wildman–Crippen LogP) is 3.49. The van der Waals surface area contributed by atoms with E-state index in [0.29, 0.717) is 6.04 Å². The summed E-state index contributed by atoms with van der Waals surface area (Å²) in [6.45, 7) is 4.83. The first-order valence-electron chi connectivity index (χ1n) is 5.68. The zero-order valence-electron chi connectivity index (χ0n) is 10.8. The summed E-state index contributed by atoms with van der Waals surface area (Å²) in [5.41, 5.74) is 2.01. The van der Waals surface area contributed by atoms with E-state index in [2.05, 4.69) is 12.2 Å². The molecule has 1 aromatic rings. The average Bonchev–Trinajstić information content (AvgIpc) is 2.31. The van der Waals surface area contributed by atoms with Crippen molar-refractivity contribution < 1.29 is 9.47 Å². The largest absolute Gasteiger partial charge is 0.495 e. The third-order valence-electron chi connectivity index (χ3n) is 2.64. The summed E-state index contributed by atoms with van der Waals surface area (Å²) in [4.78, 5) is 0. The summed E-state index contributed by atoms with van der Waals surface area (Å²) in [6.07, 6.45) is 0.946. The highest BCUT2D eigenvalue weighted by molar-refractivity contribution is 6.31. The van der Waals surface area contributed by atoms with E-state index < -0.39 is 0 Å². The number of aryl methyl sites for hydroxylation is 1. The maximum atomic E-state index is 6.06. The van der Waals surface area contributed by atoms with Crippen LogP contribution in [0.4, 0.5) is 5.69 Å². The molecule has 0 bridgehead atoms. The molecule has 0 aliphatic rings. The van der Waals surface area contributed by atoms with Gasteiger partial charge in [-0.15, -0.1) is 0 Å². The molecule has 1 unspecified atom stereocenters. The standard InChI is InChI=1S/C13H20ClNO2/c1-9-7-12(13(17-4)8-11(9)14)15-10(2)5-6-16-3/h7-8,10,15H,5-6H2,1-4H3. The van der Waals surface area contributed by atoms with Crippen LogP contribution >= 0.6 is 11.6 Å². The summed E-state index contributed by atoms with van der Waals surface area (Å²) in [5.74, 6) is 0.768. The molecule has 1 atom stereocenters. The number of halogens is 1. The second-order valence-corrected chi connectivity index (χ2v) is 4.54. The summed E-state index contributed by atoms with van der Waals surface area (Å²) < 4.78 is 10.4. The van der Waals surface area contributed by atoms with Crippen LogP contribution in [0.3, 0.4) is 0 Å². The van der Waals surface area contributed by atoms with E-state index in [1.165, 1.54) is 0 Å². The molecule has 0 radical (unpaired) electrons. The molecule has 0 aromatic heterocycles. The van der Waals surface area contributed by atoms with Gasteiger partial charge in [0.2, 0.25) is 0 Å². The third-order valence-corrected chi connectivity index (χ3v) is 3.04. The fraction of sp³-hybridized carbons (Fsp3) is 0.538. The second-order valence-electron chi connectivity index (χ2n) is 4.13. The lowest BCUT2D eigenvalue weighted by Gasteiger charge is -2.18. The van der Waals surface area contributed by atoms with Gasteiger partial charge in [-0.1, -0.05) is 11.6 Å². The highest BCUT2D eigenvalue weighted by Crippen LogP contribution is 2.31. The smallest absolute Gasteiger partial charge is 0.143 e. The summed E-state index contributed by atoms with van der Waals surface area (Å²) in [7, 11) is 3.35. The van der Waals surface area contributed by atoms with E-state index >= 15 is 0 Å². The molecule has 17 heavy (non-hydrogen) atoms. The Hall–Kier alpha value is -0.930. The molecule has 0 aliphatic heterocycles. The summed E-state index contributed by atoms with van der Waals surface area (Å²) in [6, 6.07) is 4.16. The van der Waals surface area contributed by atoms with E-state index in [1.807, 2.05) is 19.1 Å². The fourth-order valence-electron chi connectivity index (χ4n) is 1.58. The number of hydrogen-bond acceptors (Lipinski definition) is 3. The van der Waals surface area contributed by atoms with E-state index in [9.17, 15) is 0 Å². The van der Waals surface area contributed by atoms with Crippen molar-refractivity contribution in [3.63, 3.8) is 0 Å². The Kier molecular flexibility index (Phi) is 5.59. The molecule has 0 heterocycles. The molecule has 96 valence electrons. The maximum absolute atomic E-state index is 6.06. The lowest BCUT2D eigenvalue weighted by molar-refractivity contribution is 0.191. The molecule has 4 heteroatoms. The van der Waals surface area contributed by atoms with Gasteiger partial charge in [-0.05, 0) is 31.9 Å². The van der Waals surface area contributed by atoms with E-state index in [-0.39, 0.29) is 0 Å². The van der Waals surface area contributed by atoms with Crippen LogP contribution < -0.4 is 10.1 Å². The van der Waals surface area contributed by atoms with Crippen molar-refractivity contribution in [1.29, 1.82) is 0 Å². The van der Waals surface area contributed by atoms with Gasteiger partial charge in [0.05, 0.1) is 12.8 Å². The molecule has 3 nitrogen and oxygen atoms in total. The van der Waals surface area contributed by atoms with Crippen LogP contribution in [-0.4, -0.2) is 26.9 Å². The number of nitrogens with one attached hydrogen (secondary N) is 1. The predicted molar refractivity (Wildman–Crippen MR) is 72.3 cm³/mol. The van der Waals surface area contributed by atoms with Crippen molar-refractivity contribution in [3.8, 4) is 5.75 Å². The zero-order chi connectivity index (χ0) is 12.8. The Balaban J connectivity index is 2.78. The Labute approximate surface area is 108 Å². The topological polar surface area (TPSA) is 30.5 Å². The Bertz CT molecular complexity index is 369. The van der Waals surface area contributed by atoms with E-state index in [4.69, 9.17) is 21.1 Å². The van der Waals surface area contributed by atoms with Gasteiger partial charge < -0.3 is 14.8 Å². The van der Waals surface area contributed by atoms with Crippen molar-refractivity contribution in [2.75, 3.05) is 26.1 Å². The lowest BCUT2D eigenvalue weighted by Crippen LogP contribution is -2.17. The number of ether oxygens (including phenoxy) is 2. The van der Waals surface area contributed by atoms with Gasteiger partial charge in [-0.25, -0.2) is 0 Å². The van der Waals surface area contributed by atoms with E-state index in [1.54, 1.807) is 14.2 Å². The molecule has 0 amide bonds. The lowest BCUT2D eigenvalue weighted by atomic mass is 10.1. The van der Waals surface area contributed by atoms with Crippen LogP contribution in [0.1, 0.15) is 18.9 Å². The van der Waals surface area contributed by atoms with Gasteiger partial charge in [-0.3, -0.25) is 0 Å². The van der Waals surface area contributed by atoms with Gasteiger partial charge in [0, 0.05) is 30.8 Å². The van der Waals surface area contributed by atoms with Crippen molar-refractivity contribution in [2.45, 2.75) is 26.3 Å². The third kappa shape index (κ3) is 4.10. The first-order chi connectivity index (χ1) is 8.08. The Morgan fingerprint density at radius 2 is 2.06 bits per heavy atom. The van der Waals surface area contributed by atoms with Crippen LogP contribution in [0.5, 0.6) is 5.75 Å². The number of hydrogen-bond donors (Lipinski definition) is 1. The van der Waals surface area contributed by atoms with Gasteiger partial charge >= 0.3 is 0 Å². The number of anilines is 1. The zero-order valence-corrected chi connectivity index (χ0v) is 11.6. The summed E-state index contributed by atoms with van der Waals surface area (Å²) in [5, 5.41) is 4.12. The second kappa shape index (κ2) is 6.72. The van der Waals surface area contributed by atoms with Crippen LogP contribution in [0.25, 0.3) is 0 Å². The molecule has 0 fully saturated rings. The number of methoxy groups -OCH3 is 2. The molecule has 0 aliphatic carbocycles. The molecule has 1 aromatic carbocycles.